The van der Waals surface area contributed by atoms with E-state index in [1.165, 1.54) is 6.07 Å². The van der Waals surface area contributed by atoms with Crippen molar-refractivity contribution in [2.45, 2.75) is 32.9 Å². The fourth-order valence-electron chi connectivity index (χ4n) is 2.88. The van der Waals surface area contributed by atoms with Crippen molar-refractivity contribution in [3.8, 4) is 0 Å². The van der Waals surface area contributed by atoms with Crippen LogP contribution in [-0.4, -0.2) is 47.9 Å². The summed E-state index contributed by atoms with van der Waals surface area (Å²) in [7, 11) is 0. The minimum Gasteiger partial charge on any atom is -0.339 e. The summed E-state index contributed by atoms with van der Waals surface area (Å²) in [6, 6.07) is 4.30. The van der Waals surface area contributed by atoms with E-state index in [0.717, 1.165) is 0 Å². The number of hydrogen-bond acceptors (Lipinski definition) is 3. The van der Waals surface area contributed by atoms with Crippen LogP contribution < -0.4 is 5.73 Å². The molecule has 0 saturated carbocycles. The lowest BCUT2D eigenvalue weighted by atomic mass is 10.0. The molecule has 2 N–H and O–H groups in total. The maximum Gasteiger partial charge on any atom is 0.239 e. The second-order valence-electron chi connectivity index (χ2n) is 6.54. The van der Waals surface area contributed by atoms with Gasteiger partial charge in [0.2, 0.25) is 5.91 Å². The Bertz CT molecular complexity index is 532. The van der Waals surface area contributed by atoms with Gasteiger partial charge in [-0.2, -0.15) is 0 Å². The lowest BCUT2D eigenvalue weighted by Crippen LogP contribution is -2.53. The molecule has 1 aliphatic heterocycles. The number of benzene rings is 1. The van der Waals surface area contributed by atoms with Crippen LogP contribution in [0.2, 0.25) is 5.02 Å². The van der Waals surface area contributed by atoms with Crippen molar-refractivity contribution < 1.29 is 9.18 Å². The van der Waals surface area contributed by atoms with Gasteiger partial charge in [-0.1, -0.05) is 31.5 Å². The summed E-state index contributed by atoms with van der Waals surface area (Å²) >= 11 is 6.07. The third-order valence-corrected chi connectivity index (χ3v) is 4.52. The molecule has 25 heavy (non-hydrogen) atoms. The number of carbonyl (C=O) groups is 1. The average Bonchev–Trinajstić information content (AvgIpc) is 2.50. The van der Waals surface area contributed by atoms with Crippen molar-refractivity contribution >= 4 is 42.3 Å². The van der Waals surface area contributed by atoms with Gasteiger partial charge < -0.3 is 10.6 Å². The first-order valence-corrected chi connectivity index (χ1v) is 8.46. The number of rotatable bonds is 5. The Balaban J connectivity index is 0.00000288. The Hall–Kier alpha value is -0.590. The fourth-order valence-corrected chi connectivity index (χ4v) is 3.10. The molecule has 0 spiro atoms. The van der Waals surface area contributed by atoms with Gasteiger partial charge in [-0.3, -0.25) is 9.69 Å². The fraction of sp³-hybridized carbons (Fsp3) is 0.588. The molecule has 2 rings (SSSR count). The van der Waals surface area contributed by atoms with E-state index in [-0.39, 0.29) is 36.5 Å². The van der Waals surface area contributed by atoms with E-state index in [1.807, 2.05) is 4.90 Å². The largest absolute Gasteiger partial charge is 0.339 e. The maximum atomic E-state index is 13.8. The van der Waals surface area contributed by atoms with E-state index in [9.17, 15) is 9.18 Å². The average molecular weight is 415 g/mol. The highest BCUT2D eigenvalue weighted by atomic mass is 35.5. The van der Waals surface area contributed by atoms with Crippen molar-refractivity contribution in [2.75, 3.05) is 26.2 Å². The quantitative estimate of drug-likeness (QED) is 0.804. The Kier molecular flexibility index (Phi) is 10.9. The van der Waals surface area contributed by atoms with Crippen molar-refractivity contribution in [1.82, 2.24) is 9.80 Å². The predicted molar refractivity (Wildman–Crippen MR) is 105 cm³/mol. The lowest BCUT2D eigenvalue weighted by Gasteiger charge is -2.36. The van der Waals surface area contributed by atoms with Crippen LogP contribution in [0.15, 0.2) is 18.2 Å². The second-order valence-corrected chi connectivity index (χ2v) is 6.94. The van der Waals surface area contributed by atoms with Crippen molar-refractivity contribution in [3.63, 3.8) is 0 Å². The normalized spacial score (nSPS) is 16.2. The van der Waals surface area contributed by atoms with E-state index in [0.29, 0.717) is 55.6 Å². The molecule has 1 atom stereocenters. The first kappa shape index (κ1) is 24.4. The number of hydrogen-bond donors (Lipinski definition) is 1. The molecule has 0 aliphatic carbocycles. The van der Waals surface area contributed by atoms with Crippen molar-refractivity contribution in [3.05, 3.63) is 34.6 Å². The van der Waals surface area contributed by atoms with E-state index < -0.39 is 6.04 Å². The molecule has 0 bridgehead atoms. The highest BCUT2D eigenvalue weighted by Gasteiger charge is 2.26. The molecule has 8 heteroatoms. The summed E-state index contributed by atoms with van der Waals surface area (Å²) in [5.74, 6) is 0.135. The van der Waals surface area contributed by atoms with Crippen LogP contribution in [0.4, 0.5) is 4.39 Å². The molecule has 0 aromatic heterocycles. The van der Waals surface area contributed by atoms with Crippen LogP contribution in [0.3, 0.4) is 0 Å². The number of nitrogens with zero attached hydrogens (tertiary/aromatic N) is 2. The zero-order chi connectivity index (χ0) is 17.0. The highest BCUT2D eigenvalue weighted by molar-refractivity contribution is 6.31. The van der Waals surface area contributed by atoms with E-state index in [2.05, 4.69) is 18.7 Å². The Morgan fingerprint density at radius 2 is 1.84 bits per heavy atom. The molecule has 1 saturated heterocycles. The molecule has 0 unspecified atom stereocenters. The summed E-state index contributed by atoms with van der Waals surface area (Å²) < 4.78 is 13.8. The molecular formula is C17H27Cl3FN3O. The molecule has 0 radical (unpaired) electrons. The van der Waals surface area contributed by atoms with E-state index in [4.69, 9.17) is 17.3 Å². The molecule has 1 aromatic rings. The summed E-state index contributed by atoms with van der Waals surface area (Å²) in [5, 5.41) is 0.447. The van der Waals surface area contributed by atoms with Crippen molar-refractivity contribution in [1.29, 1.82) is 0 Å². The summed E-state index contributed by atoms with van der Waals surface area (Å²) in [6.07, 6.45) is 0.698. The minimum atomic E-state index is -0.428. The van der Waals surface area contributed by atoms with Crippen molar-refractivity contribution in [2.24, 2.45) is 11.7 Å². The Labute approximate surface area is 166 Å². The molecular weight excluding hydrogens is 388 g/mol. The molecule has 1 fully saturated rings. The van der Waals surface area contributed by atoms with Gasteiger partial charge >= 0.3 is 0 Å². The number of piperazine rings is 1. The smallest absolute Gasteiger partial charge is 0.239 e. The molecule has 1 aliphatic rings. The predicted octanol–water partition coefficient (Wildman–Crippen LogP) is 3.34. The van der Waals surface area contributed by atoms with Gasteiger partial charge in [-0.15, -0.1) is 24.8 Å². The minimum absolute atomic E-state index is 0. The highest BCUT2D eigenvalue weighted by Crippen LogP contribution is 2.21. The molecule has 1 heterocycles. The SMILES string of the molecule is CC(C)C[C@H](N)C(=O)N1CCN(Cc2c(F)cccc2Cl)CC1.Cl.Cl. The molecule has 144 valence electrons. The Morgan fingerprint density at radius 1 is 1.24 bits per heavy atom. The molecule has 4 nitrogen and oxygen atoms in total. The Morgan fingerprint density at radius 3 is 2.36 bits per heavy atom. The molecule has 1 amide bonds. The molecule has 1 aromatic carbocycles. The number of halogens is 4. The van der Waals surface area contributed by atoms with E-state index in [1.54, 1.807) is 12.1 Å². The second kappa shape index (κ2) is 11.2. The monoisotopic (exact) mass is 413 g/mol. The van der Waals surface area contributed by atoms with Crippen LogP contribution in [0, 0.1) is 11.7 Å². The first-order chi connectivity index (χ1) is 10.9. The topological polar surface area (TPSA) is 49.6 Å². The third-order valence-electron chi connectivity index (χ3n) is 4.17. The van der Waals surface area contributed by atoms with Gasteiger partial charge in [0.15, 0.2) is 0 Å². The number of nitrogens with two attached hydrogens (primary N) is 1. The summed E-state index contributed by atoms with van der Waals surface area (Å²) in [6.45, 7) is 7.22. The third kappa shape index (κ3) is 6.91. The van der Waals surface area contributed by atoms with Gasteiger partial charge in [0, 0.05) is 43.3 Å². The summed E-state index contributed by atoms with van der Waals surface area (Å²) in [5.41, 5.74) is 6.49. The van der Waals surface area contributed by atoms with Crippen LogP contribution in [-0.2, 0) is 11.3 Å². The maximum absolute atomic E-state index is 13.8. The zero-order valence-electron chi connectivity index (χ0n) is 14.6. The number of amides is 1. The van der Waals surface area contributed by atoms with Gasteiger partial charge in [-0.05, 0) is 24.5 Å². The van der Waals surface area contributed by atoms with Crippen LogP contribution in [0.5, 0.6) is 0 Å². The van der Waals surface area contributed by atoms with Crippen LogP contribution in [0.1, 0.15) is 25.8 Å². The van der Waals surface area contributed by atoms with Gasteiger partial charge in [0.05, 0.1) is 6.04 Å². The summed E-state index contributed by atoms with van der Waals surface area (Å²) in [4.78, 5) is 16.2. The number of carbonyl (C=O) groups excluding carboxylic acids is 1. The van der Waals surface area contributed by atoms with Gasteiger partial charge in [0.25, 0.3) is 0 Å². The van der Waals surface area contributed by atoms with E-state index >= 15 is 0 Å². The van der Waals surface area contributed by atoms with Crippen LogP contribution >= 0.6 is 36.4 Å². The first-order valence-electron chi connectivity index (χ1n) is 8.08. The zero-order valence-corrected chi connectivity index (χ0v) is 17.0. The standard InChI is InChI=1S/C17H25ClFN3O.2ClH/c1-12(2)10-16(20)17(23)22-8-6-21(7-9-22)11-13-14(18)4-3-5-15(13)19;;/h3-5,12,16H,6-11,20H2,1-2H3;2*1H/t16-;;/m0../s1. The lowest BCUT2D eigenvalue weighted by molar-refractivity contribution is -0.134. The van der Waals surface area contributed by atoms with Crippen LogP contribution in [0.25, 0.3) is 0 Å². The van der Waals surface area contributed by atoms with Gasteiger partial charge in [-0.25, -0.2) is 4.39 Å². The van der Waals surface area contributed by atoms with Gasteiger partial charge in [0.1, 0.15) is 5.82 Å².